The minimum Gasteiger partial charge on any atom is -0.492 e. The van der Waals surface area contributed by atoms with Crippen LogP contribution in [0.4, 0.5) is 10.5 Å². The highest BCUT2D eigenvalue weighted by Crippen LogP contribution is 2.28. The zero-order valence-corrected chi connectivity index (χ0v) is 17.4. The van der Waals surface area contributed by atoms with E-state index in [9.17, 15) is 4.79 Å². The van der Waals surface area contributed by atoms with Gasteiger partial charge in [0.15, 0.2) is 0 Å². The molecule has 0 bridgehead atoms. The van der Waals surface area contributed by atoms with Crippen LogP contribution in [-0.2, 0) is 17.9 Å². The predicted molar refractivity (Wildman–Crippen MR) is 115 cm³/mol. The number of benzene rings is 2. The molecule has 156 valence electrons. The molecule has 2 aromatic carbocycles. The van der Waals surface area contributed by atoms with Crippen molar-refractivity contribution in [3.63, 3.8) is 0 Å². The molecular formula is C23H31N3O3. The first kappa shape index (κ1) is 21.0. The largest absolute Gasteiger partial charge is 0.492 e. The van der Waals surface area contributed by atoms with Gasteiger partial charge < -0.3 is 24.6 Å². The van der Waals surface area contributed by atoms with Crippen molar-refractivity contribution < 1.29 is 14.3 Å². The van der Waals surface area contributed by atoms with Crippen LogP contribution in [0.25, 0.3) is 0 Å². The Bertz CT molecular complexity index is 788. The van der Waals surface area contributed by atoms with Gasteiger partial charge in [-0.1, -0.05) is 36.4 Å². The van der Waals surface area contributed by atoms with E-state index in [2.05, 4.69) is 16.3 Å². The zero-order chi connectivity index (χ0) is 20.5. The fraction of sp³-hybridized carbons (Fsp3) is 0.435. The second kappa shape index (κ2) is 10.7. The van der Waals surface area contributed by atoms with Gasteiger partial charge in [0.05, 0.1) is 18.9 Å². The van der Waals surface area contributed by atoms with E-state index in [0.29, 0.717) is 39.5 Å². The van der Waals surface area contributed by atoms with Gasteiger partial charge in [0, 0.05) is 39.3 Å². The van der Waals surface area contributed by atoms with Crippen molar-refractivity contribution in [3.05, 3.63) is 59.7 Å². The average molecular weight is 398 g/mol. The lowest BCUT2D eigenvalue weighted by atomic mass is 10.1. The third kappa shape index (κ3) is 5.64. The fourth-order valence-electron chi connectivity index (χ4n) is 3.51. The molecule has 1 fully saturated rings. The Balaban J connectivity index is 1.52. The van der Waals surface area contributed by atoms with Crippen LogP contribution in [0.3, 0.4) is 0 Å². The number of carbonyl (C=O) groups is 1. The third-order valence-corrected chi connectivity index (χ3v) is 5.08. The standard InChI is InChI=1S/C23H31N3O3/c1-3-28-18-20-10-6-5-9-19(20)17-24-23(27)26-15-13-25(14-16-26)21-11-7-8-12-22(21)29-4-2/h5-12H,3-4,13-18H2,1-2H3,(H,24,27). The number of ether oxygens (including phenoxy) is 2. The molecule has 29 heavy (non-hydrogen) atoms. The predicted octanol–water partition coefficient (Wildman–Crippen LogP) is 3.65. The van der Waals surface area contributed by atoms with Crippen molar-refractivity contribution in [2.24, 2.45) is 0 Å². The number of rotatable bonds is 8. The molecule has 0 atom stereocenters. The van der Waals surface area contributed by atoms with Crippen LogP contribution in [0, 0.1) is 0 Å². The maximum absolute atomic E-state index is 12.6. The van der Waals surface area contributed by atoms with Crippen molar-refractivity contribution in [3.8, 4) is 5.75 Å². The molecule has 0 unspecified atom stereocenters. The lowest BCUT2D eigenvalue weighted by Gasteiger charge is -2.36. The molecule has 1 saturated heterocycles. The summed E-state index contributed by atoms with van der Waals surface area (Å²) in [4.78, 5) is 16.8. The van der Waals surface area contributed by atoms with E-state index in [1.54, 1.807) is 0 Å². The van der Waals surface area contributed by atoms with Crippen LogP contribution in [0.2, 0.25) is 0 Å². The number of piperazine rings is 1. The first-order valence-electron chi connectivity index (χ1n) is 10.4. The first-order valence-corrected chi connectivity index (χ1v) is 10.4. The van der Waals surface area contributed by atoms with Crippen LogP contribution in [0.15, 0.2) is 48.5 Å². The number of urea groups is 1. The van der Waals surface area contributed by atoms with Gasteiger partial charge in [-0.3, -0.25) is 0 Å². The Labute approximate surface area is 173 Å². The van der Waals surface area contributed by atoms with Crippen LogP contribution in [0.1, 0.15) is 25.0 Å². The number of para-hydroxylation sites is 2. The molecule has 6 nitrogen and oxygen atoms in total. The van der Waals surface area contributed by atoms with E-state index < -0.39 is 0 Å². The zero-order valence-electron chi connectivity index (χ0n) is 17.4. The molecule has 2 aromatic rings. The second-order valence-electron chi connectivity index (χ2n) is 6.94. The smallest absolute Gasteiger partial charge is 0.317 e. The maximum atomic E-state index is 12.6. The summed E-state index contributed by atoms with van der Waals surface area (Å²) in [6.07, 6.45) is 0. The molecule has 1 heterocycles. The van der Waals surface area contributed by atoms with Crippen molar-refractivity contribution in [2.75, 3.05) is 44.3 Å². The summed E-state index contributed by atoms with van der Waals surface area (Å²) in [6.45, 7) is 9.33. The van der Waals surface area contributed by atoms with Crippen LogP contribution >= 0.6 is 0 Å². The molecule has 0 aromatic heterocycles. The molecule has 1 aliphatic rings. The molecule has 0 saturated carbocycles. The Morgan fingerprint density at radius 3 is 2.34 bits per heavy atom. The SMILES string of the molecule is CCOCc1ccccc1CNC(=O)N1CCN(c2ccccc2OCC)CC1. The highest BCUT2D eigenvalue weighted by atomic mass is 16.5. The third-order valence-electron chi connectivity index (χ3n) is 5.08. The topological polar surface area (TPSA) is 54.0 Å². The molecule has 3 rings (SSSR count). The van der Waals surface area contributed by atoms with Crippen LogP contribution < -0.4 is 15.0 Å². The molecule has 6 heteroatoms. The number of nitrogens with one attached hydrogen (secondary N) is 1. The minimum absolute atomic E-state index is 0.0195. The van der Waals surface area contributed by atoms with Gasteiger partial charge in [-0.15, -0.1) is 0 Å². The van der Waals surface area contributed by atoms with Crippen LogP contribution in [-0.4, -0.2) is 50.3 Å². The number of carbonyl (C=O) groups excluding carboxylic acids is 1. The summed E-state index contributed by atoms with van der Waals surface area (Å²) in [6, 6.07) is 16.1. The van der Waals surface area contributed by atoms with Crippen molar-refractivity contribution in [1.29, 1.82) is 0 Å². The van der Waals surface area contributed by atoms with Gasteiger partial charge >= 0.3 is 6.03 Å². The number of hydrogen-bond donors (Lipinski definition) is 1. The Morgan fingerprint density at radius 1 is 0.931 bits per heavy atom. The number of amides is 2. The van der Waals surface area contributed by atoms with Crippen molar-refractivity contribution in [2.45, 2.75) is 27.0 Å². The summed E-state index contributed by atoms with van der Waals surface area (Å²) in [5, 5.41) is 3.06. The molecule has 1 aliphatic heterocycles. The van der Waals surface area contributed by atoms with Crippen LogP contribution in [0.5, 0.6) is 5.75 Å². The second-order valence-corrected chi connectivity index (χ2v) is 6.94. The van der Waals surface area contributed by atoms with E-state index in [1.165, 1.54) is 0 Å². The summed E-state index contributed by atoms with van der Waals surface area (Å²) in [5.41, 5.74) is 3.31. The van der Waals surface area contributed by atoms with E-state index in [-0.39, 0.29) is 6.03 Å². The van der Waals surface area contributed by atoms with Crippen molar-refractivity contribution >= 4 is 11.7 Å². The van der Waals surface area contributed by atoms with Gasteiger partial charge in [0.2, 0.25) is 0 Å². The lowest BCUT2D eigenvalue weighted by Crippen LogP contribution is -2.51. The quantitative estimate of drug-likeness (QED) is 0.739. The van der Waals surface area contributed by atoms with Gasteiger partial charge in [-0.25, -0.2) is 4.79 Å². The van der Waals surface area contributed by atoms with E-state index >= 15 is 0 Å². The summed E-state index contributed by atoms with van der Waals surface area (Å²) in [5.74, 6) is 0.902. The molecule has 0 radical (unpaired) electrons. The average Bonchev–Trinajstić information content (AvgIpc) is 2.77. The fourth-order valence-corrected chi connectivity index (χ4v) is 3.51. The summed E-state index contributed by atoms with van der Waals surface area (Å²) < 4.78 is 11.3. The van der Waals surface area contributed by atoms with Gasteiger partial charge in [-0.05, 0) is 37.1 Å². The highest BCUT2D eigenvalue weighted by Gasteiger charge is 2.22. The Morgan fingerprint density at radius 2 is 1.62 bits per heavy atom. The van der Waals surface area contributed by atoms with Gasteiger partial charge in [0.25, 0.3) is 0 Å². The maximum Gasteiger partial charge on any atom is 0.317 e. The highest BCUT2D eigenvalue weighted by molar-refractivity contribution is 5.74. The number of hydrogen-bond acceptors (Lipinski definition) is 4. The minimum atomic E-state index is -0.0195. The summed E-state index contributed by atoms with van der Waals surface area (Å²) in [7, 11) is 0. The monoisotopic (exact) mass is 397 g/mol. The van der Waals surface area contributed by atoms with Crippen molar-refractivity contribution in [1.82, 2.24) is 10.2 Å². The van der Waals surface area contributed by atoms with Gasteiger partial charge in [0.1, 0.15) is 5.75 Å². The van der Waals surface area contributed by atoms with E-state index in [4.69, 9.17) is 9.47 Å². The van der Waals surface area contributed by atoms with Gasteiger partial charge in [-0.2, -0.15) is 0 Å². The summed E-state index contributed by atoms with van der Waals surface area (Å²) >= 11 is 0. The Hall–Kier alpha value is -2.73. The molecule has 2 amide bonds. The van der Waals surface area contributed by atoms with E-state index in [0.717, 1.165) is 35.7 Å². The molecule has 0 spiro atoms. The molecule has 1 N–H and O–H groups in total. The number of anilines is 1. The normalized spacial score (nSPS) is 14.0. The number of nitrogens with zero attached hydrogens (tertiary/aromatic N) is 2. The molecular weight excluding hydrogens is 366 g/mol. The first-order chi connectivity index (χ1) is 14.2. The Kier molecular flexibility index (Phi) is 7.76. The lowest BCUT2D eigenvalue weighted by molar-refractivity contribution is 0.133. The van der Waals surface area contributed by atoms with E-state index in [1.807, 2.05) is 61.2 Å². The molecule has 0 aliphatic carbocycles.